The number of amides is 1. The molecular formula is C17H20N4O3. The van der Waals surface area contributed by atoms with Crippen molar-refractivity contribution in [3.8, 4) is 0 Å². The Morgan fingerprint density at radius 1 is 1.38 bits per heavy atom. The number of carbonyl (C=O) groups is 1. The second-order valence-corrected chi connectivity index (χ2v) is 6.33. The van der Waals surface area contributed by atoms with Crippen LogP contribution in [0.1, 0.15) is 12.2 Å². The number of furan rings is 1. The Labute approximate surface area is 140 Å². The highest BCUT2D eigenvalue weighted by Crippen LogP contribution is 2.36. The van der Waals surface area contributed by atoms with Gasteiger partial charge in [-0.3, -0.25) is 4.79 Å². The lowest BCUT2D eigenvalue weighted by Gasteiger charge is -2.20. The van der Waals surface area contributed by atoms with Crippen LogP contribution in [-0.4, -0.2) is 41.7 Å². The van der Waals surface area contributed by atoms with Crippen LogP contribution in [0.2, 0.25) is 0 Å². The van der Waals surface area contributed by atoms with Gasteiger partial charge in [-0.1, -0.05) is 0 Å². The lowest BCUT2D eigenvalue weighted by molar-refractivity contribution is -0.122. The average Bonchev–Trinajstić information content (AvgIpc) is 3.32. The van der Waals surface area contributed by atoms with Crippen molar-refractivity contribution in [2.75, 3.05) is 24.6 Å². The fraction of sp³-hybridized carbons (Fsp3) is 0.471. The predicted molar refractivity (Wildman–Crippen MR) is 86.1 cm³/mol. The highest BCUT2D eigenvalue weighted by molar-refractivity contribution is 5.76. The third-order valence-corrected chi connectivity index (χ3v) is 4.82. The first-order valence-electron chi connectivity index (χ1n) is 8.21. The second-order valence-electron chi connectivity index (χ2n) is 6.33. The summed E-state index contributed by atoms with van der Waals surface area (Å²) in [4.78, 5) is 22.7. The number of aromatic nitrogens is 2. The van der Waals surface area contributed by atoms with Gasteiger partial charge in [0, 0.05) is 31.6 Å². The van der Waals surface area contributed by atoms with Gasteiger partial charge < -0.3 is 19.4 Å². The zero-order chi connectivity index (χ0) is 16.4. The maximum atomic E-state index is 12.2. The highest BCUT2D eigenvalue weighted by atomic mass is 16.5. The van der Waals surface area contributed by atoms with Crippen molar-refractivity contribution in [3.63, 3.8) is 0 Å². The van der Waals surface area contributed by atoms with E-state index in [9.17, 15) is 4.79 Å². The summed E-state index contributed by atoms with van der Waals surface area (Å²) in [6.45, 7) is 2.78. The van der Waals surface area contributed by atoms with Crippen LogP contribution >= 0.6 is 0 Å². The molecule has 0 saturated carbocycles. The van der Waals surface area contributed by atoms with Gasteiger partial charge in [-0.25, -0.2) is 9.97 Å². The first kappa shape index (κ1) is 15.1. The summed E-state index contributed by atoms with van der Waals surface area (Å²) in [6, 6.07) is 5.58. The molecule has 126 valence electrons. The molecule has 2 aliphatic heterocycles. The van der Waals surface area contributed by atoms with E-state index >= 15 is 0 Å². The Bertz CT molecular complexity index is 676. The number of nitrogens with one attached hydrogen (secondary N) is 1. The molecule has 0 bridgehead atoms. The molecule has 1 N–H and O–H groups in total. The lowest BCUT2D eigenvalue weighted by atomic mass is 9.90. The van der Waals surface area contributed by atoms with Crippen molar-refractivity contribution < 1.29 is 13.9 Å². The van der Waals surface area contributed by atoms with E-state index in [-0.39, 0.29) is 17.9 Å². The molecule has 4 rings (SSSR count). The second kappa shape index (κ2) is 6.60. The summed E-state index contributed by atoms with van der Waals surface area (Å²) in [7, 11) is 0. The molecule has 1 amide bonds. The molecule has 7 nitrogen and oxygen atoms in total. The first-order valence-corrected chi connectivity index (χ1v) is 8.21. The van der Waals surface area contributed by atoms with Gasteiger partial charge in [0.15, 0.2) is 0 Å². The van der Waals surface area contributed by atoms with Crippen LogP contribution in [0.5, 0.6) is 0 Å². The molecule has 0 radical (unpaired) electrons. The Hall–Kier alpha value is -2.41. The average molecular weight is 328 g/mol. The molecule has 2 aromatic heterocycles. The van der Waals surface area contributed by atoms with E-state index in [2.05, 4.69) is 20.2 Å². The minimum absolute atomic E-state index is 0.0427. The number of ether oxygens (including phenoxy) is 1. The van der Waals surface area contributed by atoms with Gasteiger partial charge >= 0.3 is 0 Å². The molecule has 7 heteroatoms. The molecule has 0 spiro atoms. The van der Waals surface area contributed by atoms with Crippen molar-refractivity contribution in [1.82, 2.24) is 15.3 Å². The zero-order valence-corrected chi connectivity index (χ0v) is 13.3. The molecule has 2 saturated heterocycles. The van der Waals surface area contributed by atoms with Crippen molar-refractivity contribution in [1.29, 1.82) is 0 Å². The van der Waals surface area contributed by atoms with E-state index in [1.807, 2.05) is 18.2 Å². The van der Waals surface area contributed by atoms with E-state index < -0.39 is 0 Å². The summed E-state index contributed by atoms with van der Waals surface area (Å²) in [6.07, 6.45) is 5.58. The molecular weight excluding hydrogens is 308 g/mol. The number of carbonyl (C=O) groups excluding carboxylic acids is 1. The summed E-state index contributed by atoms with van der Waals surface area (Å²) >= 11 is 0. The number of hydrogen-bond donors (Lipinski definition) is 1. The van der Waals surface area contributed by atoms with Gasteiger partial charge in [0.25, 0.3) is 0 Å². The molecule has 0 aromatic carbocycles. The number of fused-ring (bicyclic) bond motifs is 1. The molecule has 0 aliphatic carbocycles. The molecule has 24 heavy (non-hydrogen) atoms. The van der Waals surface area contributed by atoms with Crippen molar-refractivity contribution in [2.45, 2.75) is 19.1 Å². The van der Waals surface area contributed by atoms with Crippen LogP contribution in [0.4, 0.5) is 5.82 Å². The van der Waals surface area contributed by atoms with Crippen LogP contribution in [0.3, 0.4) is 0 Å². The number of anilines is 1. The van der Waals surface area contributed by atoms with Crippen LogP contribution in [0.15, 0.2) is 41.4 Å². The summed E-state index contributed by atoms with van der Waals surface area (Å²) in [5, 5.41) is 2.91. The van der Waals surface area contributed by atoms with Crippen LogP contribution in [-0.2, 0) is 16.1 Å². The summed E-state index contributed by atoms with van der Waals surface area (Å²) < 4.78 is 11.1. The number of hydrogen-bond acceptors (Lipinski definition) is 6. The van der Waals surface area contributed by atoms with Crippen molar-refractivity contribution in [2.24, 2.45) is 11.8 Å². The van der Waals surface area contributed by atoms with Crippen molar-refractivity contribution >= 4 is 11.7 Å². The van der Waals surface area contributed by atoms with Gasteiger partial charge in [0.1, 0.15) is 17.9 Å². The largest absolute Gasteiger partial charge is 0.467 e. The van der Waals surface area contributed by atoms with E-state index in [0.717, 1.165) is 24.7 Å². The smallest absolute Gasteiger partial charge is 0.220 e. The molecule has 2 aliphatic rings. The van der Waals surface area contributed by atoms with Gasteiger partial charge in [-0.2, -0.15) is 0 Å². The van der Waals surface area contributed by atoms with Crippen LogP contribution in [0, 0.1) is 11.8 Å². The fourth-order valence-electron chi connectivity index (χ4n) is 3.58. The van der Waals surface area contributed by atoms with Gasteiger partial charge in [0.2, 0.25) is 5.91 Å². The molecule has 4 heterocycles. The molecule has 2 aromatic rings. The van der Waals surface area contributed by atoms with Crippen LogP contribution in [0.25, 0.3) is 0 Å². The minimum atomic E-state index is 0.0427. The quantitative estimate of drug-likeness (QED) is 0.889. The Morgan fingerprint density at radius 3 is 3.12 bits per heavy atom. The number of rotatable bonds is 5. The fourth-order valence-corrected chi connectivity index (χ4v) is 3.58. The van der Waals surface area contributed by atoms with Gasteiger partial charge in [-0.15, -0.1) is 0 Å². The normalized spacial score (nSPS) is 25.7. The third kappa shape index (κ3) is 3.12. The van der Waals surface area contributed by atoms with E-state index in [4.69, 9.17) is 9.15 Å². The van der Waals surface area contributed by atoms with Crippen molar-refractivity contribution in [3.05, 3.63) is 42.7 Å². The predicted octanol–water partition coefficient (Wildman–Crippen LogP) is 1.23. The van der Waals surface area contributed by atoms with Gasteiger partial charge in [0.05, 0.1) is 25.5 Å². The lowest BCUT2D eigenvalue weighted by Crippen LogP contribution is -2.29. The van der Waals surface area contributed by atoms with Gasteiger partial charge in [-0.05, 0) is 24.1 Å². The molecule has 2 fully saturated rings. The maximum Gasteiger partial charge on any atom is 0.220 e. The Kier molecular flexibility index (Phi) is 4.17. The zero-order valence-electron chi connectivity index (χ0n) is 13.3. The number of nitrogens with zero attached hydrogens (tertiary/aromatic N) is 3. The molecule has 0 unspecified atom stereocenters. The monoisotopic (exact) mass is 328 g/mol. The minimum Gasteiger partial charge on any atom is -0.467 e. The summed E-state index contributed by atoms with van der Waals surface area (Å²) in [5.74, 6) is 2.35. The summed E-state index contributed by atoms with van der Waals surface area (Å²) in [5.41, 5.74) is 0. The Morgan fingerprint density at radius 2 is 2.33 bits per heavy atom. The van der Waals surface area contributed by atoms with Crippen LogP contribution < -0.4 is 10.2 Å². The SMILES string of the molecule is O=C(C[C@@H]1CO[C@H]2CN(c3ccncn3)C[C@@H]12)NCc1ccco1. The molecule has 3 atom stereocenters. The van der Waals surface area contributed by atoms with E-state index in [1.54, 1.807) is 18.8 Å². The van der Waals surface area contributed by atoms with E-state index in [1.165, 1.54) is 0 Å². The third-order valence-electron chi connectivity index (χ3n) is 4.82. The maximum absolute atomic E-state index is 12.2. The standard InChI is InChI=1S/C17H20N4O3/c22-17(19-7-13-2-1-5-23-13)6-12-10-24-15-9-21(8-14(12)15)16-3-4-18-11-20-16/h1-5,11-12,14-15H,6-10H2,(H,19,22)/t12-,14+,15+/m1/s1. The topological polar surface area (TPSA) is 80.5 Å². The highest BCUT2D eigenvalue weighted by Gasteiger charge is 2.44. The Balaban J connectivity index is 1.32. The van der Waals surface area contributed by atoms with E-state index in [0.29, 0.717) is 25.5 Å². The first-order chi connectivity index (χ1) is 11.8.